The lowest BCUT2D eigenvalue weighted by Gasteiger charge is -2.06. The Morgan fingerprint density at radius 3 is 2.31 bits per heavy atom. The van der Waals surface area contributed by atoms with Gasteiger partial charge in [0.1, 0.15) is 0 Å². The molecule has 0 unspecified atom stereocenters. The molecule has 1 rings (SSSR count). The molecule has 0 aliphatic heterocycles. The van der Waals surface area contributed by atoms with Crippen LogP contribution in [-0.2, 0) is 11.0 Å². The first-order chi connectivity index (χ1) is 7.45. The van der Waals surface area contributed by atoms with Gasteiger partial charge >= 0.3 is 6.18 Å². The molecule has 88 valence electrons. The van der Waals surface area contributed by atoms with Crippen molar-refractivity contribution in [2.75, 3.05) is 0 Å². The van der Waals surface area contributed by atoms with Crippen molar-refractivity contribution < 1.29 is 23.1 Å². The van der Waals surface area contributed by atoms with Gasteiger partial charge in [0.05, 0.1) is 5.56 Å². The van der Waals surface area contributed by atoms with Gasteiger partial charge in [-0.3, -0.25) is 4.79 Å². The second kappa shape index (κ2) is 6.66. The summed E-state index contributed by atoms with van der Waals surface area (Å²) < 4.78 is 36.6. The minimum Gasteiger partial charge on any atom is -0.483 e. The Labute approximate surface area is 91.0 Å². The van der Waals surface area contributed by atoms with E-state index in [1.165, 1.54) is 6.07 Å². The third-order valence-corrected chi connectivity index (χ3v) is 1.57. The summed E-state index contributed by atoms with van der Waals surface area (Å²) in [4.78, 5) is 8.36. The molecule has 1 aromatic rings. The van der Waals surface area contributed by atoms with Gasteiger partial charge in [-0.1, -0.05) is 24.3 Å². The van der Waals surface area contributed by atoms with Crippen LogP contribution < -0.4 is 0 Å². The van der Waals surface area contributed by atoms with E-state index in [1.54, 1.807) is 25.1 Å². The van der Waals surface area contributed by atoms with E-state index in [1.807, 2.05) is 0 Å². The normalized spacial score (nSPS) is 10.8. The first-order valence-corrected chi connectivity index (χ1v) is 4.33. The number of hydrogen-bond acceptors (Lipinski definition) is 1. The monoisotopic (exact) mass is 232 g/mol. The Bertz CT molecular complexity index is 356. The maximum absolute atomic E-state index is 12.2. The molecule has 16 heavy (non-hydrogen) atoms. The van der Waals surface area contributed by atoms with Crippen molar-refractivity contribution in [3.8, 4) is 0 Å². The lowest BCUT2D eigenvalue weighted by Crippen LogP contribution is -2.04. The zero-order valence-corrected chi connectivity index (χ0v) is 8.53. The van der Waals surface area contributed by atoms with Crippen LogP contribution in [0.3, 0.4) is 0 Å². The van der Waals surface area contributed by atoms with Gasteiger partial charge in [-0.2, -0.15) is 13.2 Å². The second-order valence-electron chi connectivity index (χ2n) is 2.73. The van der Waals surface area contributed by atoms with E-state index in [0.717, 1.165) is 12.1 Å². The largest absolute Gasteiger partial charge is 0.483 e. The molecule has 0 heterocycles. The van der Waals surface area contributed by atoms with Gasteiger partial charge in [0, 0.05) is 0 Å². The maximum atomic E-state index is 12.2. The van der Waals surface area contributed by atoms with Gasteiger partial charge in [0.25, 0.3) is 6.47 Å². The third kappa shape index (κ3) is 5.19. The highest BCUT2D eigenvalue weighted by Gasteiger charge is 2.30. The molecule has 0 saturated carbocycles. The number of alkyl halides is 3. The molecule has 0 bridgehead atoms. The molecule has 1 aromatic carbocycles. The topological polar surface area (TPSA) is 37.3 Å². The lowest BCUT2D eigenvalue weighted by molar-refractivity contribution is -0.137. The molecular weight excluding hydrogens is 221 g/mol. The second-order valence-corrected chi connectivity index (χ2v) is 2.73. The summed E-state index contributed by atoms with van der Waals surface area (Å²) in [5.74, 6) is 0. The van der Waals surface area contributed by atoms with E-state index >= 15 is 0 Å². The highest BCUT2D eigenvalue weighted by atomic mass is 19.4. The first-order valence-electron chi connectivity index (χ1n) is 4.33. The highest BCUT2D eigenvalue weighted by Crippen LogP contribution is 2.29. The fourth-order valence-electron chi connectivity index (χ4n) is 1.01. The summed E-state index contributed by atoms with van der Waals surface area (Å²) in [5.41, 5.74) is -0.0413. The van der Waals surface area contributed by atoms with Gasteiger partial charge in [-0.05, 0) is 24.6 Å². The van der Waals surface area contributed by atoms with Crippen LogP contribution in [-0.4, -0.2) is 11.6 Å². The molecule has 0 amide bonds. The van der Waals surface area contributed by atoms with Gasteiger partial charge in [-0.25, -0.2) is 0 Å². The Balaban J connectivity index is 0.000000673. The van der Waals surface area contributed by atoms with Gasteiger partial charge in [-0.15, -0.1) is 0 Å². The summed E-state index contributed by atoms with van der Waals surface area (Å²) >= 11 is 0. The van der Waals surface area contributed by atoms with E-state index in [0.29, 0.717) is 5.56 Å². The molecule has 0 aromatic heterocycles. The van der Waals surface area contributed by atoms with Crippen molar-refractivity contribution in [3.63, 3.8) is 0 Å². The van der Waals surface area contributed by atoms with E-state index in [4.69, 9.17) is 9.90 Å². The van der Waals surface area contributed by atoms with Gasteiger partial charge in [0.2, 0.25) is 0 Å². The van der Waals surface area contributed by atoms with Crippen LogP contribution in [0.4, 0.5) is 13.2 Å². The standard InChI is InChI=1S/C10H9F3.CH2O2/c1-2-4-8-5-3-6-9(7-8)10(11,12)13;2-1-3/h2-7H,1H3;1H,(H,2,3)/b4-2+;. The average Bonchev–Trinajstić information content (AvgIpc) is 2.18. The van der Waals surface area contributed by atoms with Crippen LogP contribution in [0, 0.1) is 0 Å². The Morgan fingerprint density at radius 2 is 1.88 bits per heavy atom. The molecule has 0 fully saturated rings. The molecule has 0 saturated heterocycles. The van der Waals surface area contributed by atoms with Crippen LogP contribution >= 0.6 is 0 Å². The van der Waals surface area contributed by atoms with E-state index in [2.05, 4.69) is 0 Å². The van der Waals surface area contributed by atoms with Crippen LogP contribution in [0.25, 0.3) is 6.08 Å². The Morgan fingerprint density at radius 1 is 1.31 bits per heavy atom. The number of benzene rings is 1. The minimum atomic E-state index is -4.25. The molecule has 0 radical (unpaired) electrons. The number of hydrogen-bond donors (Lipinski definition) is 1. The van der Waals surface area contributed by atoms with E-state index < -0.39 is 11.7 Å². The van der Waals surface area contributed by atoms with Gasteiger partial charge in [0.15, 0.2) is 0 Å². The van der Waals surface area contributed by atoms with Crippen LogP contribution in [0.2, 0.25) is 0 Å². The average molecular weight is 232 g/mol. The van der Waals surface area contributed by atoms with Crippen molar-refractivity contribution in [1.29, 1.82) is 0 Å². The molecule has 2 nitrogen and oxygen atoms in total. The van der Waals surface area contributed by atoms with Gasteiger partial charge < -0.3 is 5.11 Å². The first kappa shape index (κ1) is 14.2. The minimum absolute atomic E-state index is 0.250. The summed E-state index contributed by atoms with van der Waals surface area (Å²) in [6, 6.07) is 5.22. The van der Waals surface area contributed by atoms with Crippen LogP contribution in [0.15, 0.2) is 30.3 Å². The third-order valence-electron chi connectivity index (χ3n) is 1.57. The van der Waals surface area contributed by atoms with Crippen molar-refractivity contribution in [3.05, 3.63) is 41.5 Å². The molecule has 1 N–H and O–H groups in total. The zero-order valence-electron chi connectivity index (χ0n) is 8.53. The van der Waals surface area contributed by atoms with Crippen molar-refractivity contribution in [2.45, 2.75) is 13.1 Å². The number of allylic oxidation sites excluding steroid dienone is 1. The Hall–Kier alpha value is -1.78. The molecule has 0 spiro atoms. The summed E-state index contributed by atoms with van der Waals surface area (Å²) in [5, 5.41) is 6.89. The smallest absolute Gasteiger partial charge is 0.416 e. The number of carboxylic acid groups (broad SMARTS) is 1. The SMILES string of the molecule is C/C=C/c1cccc(C(F)(F)F)c1.O=CO. The number of carbonyl (C=O) groups is 1. The maximum Gasteiger partial charge on any atom is 0.416 e. The Kier molecular flexibility index (Phi) is 5.92. The van der Waals surface area contributed by atoms with Crippen molar-refractivity contribution >= 4 is 12.5 Å². The summed E-state index contributed by atoms with van der Waals surface area (Å²) in [6.07, 6.45) is -0.914. The molecule has 0 aliphatic carbocycles. The number of rotatable bonds is 1. The fourth-order valence-corrected chi connectivity index (χ4v) is 1.01. The number of halogens is 3. The molecule has 0 aliphatic rings. The van der Waals surface area contributed by atoms with Crippen molar-refractivity contribution in [2.24, 2.45) is 0 Å². The highest BCUT2D eigenvalue weighted by molar-refractivity contribution is 5.50. The predicted molar refractivity (Wildman–Crippen MR) is 54.8 cm³/mol. The van der Waals surface area contributed by atoms with Crippen LogP contribution in [0.1, 0.15) is 18.1 Å². The molecule has 5 heteroatoms. The van der Waals surface area contributed by atoms with Crippen LogP contribution in [0.5, 0.6) is 0 Å². The zero-order chi connectivity index (χ0) is 12.6. The summed E-state index contributed by atoms with van der Waals surface area (Å²) in [6.45, 7) is 1.51. The fraction of sp³-hybridized carbons (Fsp3) is 0.182. The van der Waals surface area contributed by atoms with E-state index in [9.17, 15) is 13.2 Å². The van der Waals surface area contributed by atoms with E-state index in [-0.39, 0.29) is 6.47 Å². The lowest BCUT2D eigenvalue weighted by atomic mass is 10.1. The van der Waals surface area contributed by atoms with Crippen molar-refractivity contribution in [1.82, 2.24) is 0 Å². The molecule has 0 atom stereocenters. The predicted octanol–water partition coefficient (Wildman–Crippen LogP) is 3.44. The summed E-state index contributed by atoms with van der Waals surface area (Å²) in [7, 11) is 0. The molecular formula is C11H11F3O2. The quantitative estimate of drug-likeness (QED) is 0.753.